The second kappa shape index (κ2) is 13.4. The number of rotatable bonds is 12. The molecule has 0 aromatic carbocycles. The van der Waals surface area contributed by atoms with Crippen LogP contribution in [0.5, 0.6) is 0 Å². The van der Waals surface area contributed by atoms with Gasteiger partial charge in [0.15, 0.2) is 0 Å². The van der Waals surface area contributed by atoms with Crippen molar-refractivity contribution in [2.75, 3.05) is 13.2 Å². The highest BCUT2D eigenvalue weighted by molar-refractivity contribution is 5.91. The second-order valence-electron chi connectivity index (χ2n) is 5.14. The Bertz CT molecular complexity index is 345. The minimum absolute atomic E-state index is 0.283. The van der Waals surface area contributed by atoms with Crippen molar-refractivity contribution < 1.29 is 19.1 Å². The normalized spacial score (nSPS) is 10.6. The highest BCUT2D eigenvalue weighted by Gasteiger charge is 2.01. The third-order valence-electron chi connectivity index (χ3n) is 2.87. The summed E-state index contributed by atoms with van der Waals surface area (Å²) in [6, 6.07) is 0. The Morgan fingerprint density at radius 1 is 0.905 bits per heavy atom. The molecule has 0 aliphatic carbocycles. The highest BCUT2D eigenvalue weighted by atomic mass is 16.5. The number of carbonyl (C=O) groups is 2. The first-order valence-corrected chi connectivity index (χ1v) is 7.72. The Morgan fingerprint density at radius 3 is 2.00 bits per heavy atom. The van der Waals surface area contributed by atoms with Gasteiger partial charge >= 0.3 is 11.9 Å². The first-order chi connectivity index (χ1) is 10.1. The topological polar surface area (TPSA) is 52.6 Å². The molecule has 0 unspecified atom stereocenters. The van der Waals surface area contributed by atoms with E-state index in [-0.39, 0.29) is 6.61 Å². The number of hydrogen-bond acceptors (Lipinski definition) is 4. The molecule has 0 atom stereocenters. The molecule has 4 nitrogen and oxygen atoms in total. The molecule has 120 valence electrons. The summed E-state index contributed by atoms with van der Waals surface area (Å²) in [5.41, 5.74) is 0.949. The monoisotopic (exact) mass is 296 g/mol. The number of hydrogen-bond donors (Lipinski definition) is 0. The minimum Gasteiger partial charge on any atom is -0.463 e. The Morgan fingerprint density at radius 2 is 1.43 bits per heavy atom. The van der Waals surface area contributed by atoms with E-state index in [4.69, 9.17) is 9.47 Å². The number of ether oxygens (including phenoxy) is 2. The molecule has 0 N–H and O–H groups in total. The van der Waals surface area contributed by atoms with Gasteiger partial charge in [-0.25, -0.2) is 9.59 Å². The van der Waals surface area contributed by atoms with Crippen molar-refractivity contribution in [2.45, 2.75) is 58.8 Å². The molecule has 0 aromatic rings. The molecule has 0 saturated carbocycles. The average molecular weight is 296 g/mol. The van der Waals surface area contributed by atoms with Crippen LogP contribution in [0.25, 0.3) is 0 Å². The lowest BCUT2D eigenvalue weighted by molar-refractivity contribution is -0.140. The number of carbonyl (C=O) groups excluding carboxylic acids is 2. The van der Waals surface area contributed by atoms with Gasteiger partial charge in [-0.15, -0.1) is 6.58 Å². The van der Waals surface area contributed by atoms with Gasteiger partial charge in [0.2, 0.25) is 0 Å². The molecule has 0 aliphatic heterocycles. The lowest BCUT2D eigenvalue weighted by Gasteiger charge is -2.02. The van der Waals surface area contributed by atoms with Crippen molar-refractivity contribution >= 4 is 11.9 Å². The van der Waals surface area contributed by atoms with E-state index in [0.29, 0.717) is 13.0 Å². The second-order valence-corrected chi connectivity index (χ2v) is 5.14. The van der Waals surface area contributed by atoms with Crippen LogP contribution in [0.4, 0.5) is 0 Å². The van der Waals surface area contributed by atoms with Crippen molar-refractivity contribution in [3.05, 3.63) is 24.3 Å². The smallest absolute Gasteiger partial charge is 0.331 e. The van der Waals surface area contributed by atoms with Gasteiger partial charge in [-0.05, 0) is 13.3 Å². The van der Waals surface area contributed by atoms with Crippen molar-refractivity contribution in [1.82, 2.24) is 0 Å². The van der Waals surface area contributed by atoms with Gasteiger partial charge in [0.25, 0.3) is 0 Å². The third kappa shape index (κ3) is 14.6. The SMILES string of the molecule is C=C(C)CCOC(=O)/C=C/C(=O)OCCCCCCCC. The van der Waals surface area contributed by atoms with Crippen LogP contribution in [-0.4, -0.2) is 25.2 Å². The summed E-state index contributed by atoms with van der Waals surface area (Å²) in [6.07, 6.45) is 9.67. The largest absolute Gasteiger partial charge is 0.463 e. The van der Waals surface area contributed by atoms with Crippen molar-refractivity contribution in [3.63, 3.8) is 0 Å². The van der Waals surface area contributed by atoms with Gasteiger partial charge in [0.1, 0.15) is 0 Å². The predicted octanol–water partition coefficient (Wildman–Crippen LogP) is 3.96. The van der Waals surface area contributed by atoms with Crippen LogP contribution < -0.4 is 0 Å². The third-order valence-corrected chi connectivity index (χ3v) is 2.87. The molecule has 0 fully saturated rings. The van der Waals surface area contributed by atoms with Gasteiger partial charge in [-0.2, -0.15) is 0 Å². The van der Waals surface area contributed by atoms with Crippen LogP contribution in [-0.2, 0) is 19.1 Å². The van der Waals surface area contributed by atoms with Gasteiger partial charge in [-0.1, -0.05) is 44.6 Å². The van der Waals surface area contributed by atoms with E-state index in [1.165, 1.54) is 25.7 Å². The molecule has 0 aromatic heterocycles. The fourth-order valence-corrected chi connectivity index (χ4v) is 1.61. The molecule has 21 heavy (non-hydrogen) atoms. The number of esters is 2. The van der Waals surface area contributed by atoms with Gasteiger partial charge < -0.3 is 9.47 Å². The standard InChI is InChI=1S/C17H28O4/c1-4-5-6-7-8-9-13-20-16(18)10-11-17(19)21-14-12-15(2)3/h10-11H,2,4-9,12-14H2,1,3H3/b11-10+. The van der Waals surface area contributed by atoms with Gasteiger partial charge in [0.05, 0.1) is 13.2 Å². The van der Waals surface area contributed by atoms with E-state index in [1.807, 2.05) is 6.92 Å². The first-order valence-electron chi connectivity index (χ1n) is 7.72. The van der Waals surface area contributed by atoms with Crippen molar-refractivity contribution in [2.24, 2.45) is 0 Å². The minimum atomic E-state index is -0.534. The van der Waals surface area contributed by atoms with E-state index in [1.54, 1.807) is 0 Å². The van der Waals surface area contributed by atoms with E-state index >= 15 is 0 Å². The molecule has 4 heteroatoms. The quantitative estimate of drug-likeness (QED) is 0.237. The predicted molar refractivity (Wildman–Crippen MR) is 83.9 cm³/mol. The molecule has 0 bridgehead atoms. The molecule has 0 rings (SSSR count). The van der Waals surface area contributed by atoms with Crippen LogP contribution in [0, 0.1) is 0 Å². The fraction of sp³-hybridized carbons (Fsp3) is 0.647. The van der Waals surface area contributed by atoms with E-state index < -0.39 is 11.9 Å². The van der Waals surface area contributed by atoms with Crippen LogP contribution in [0.1, 0.15) is 58.8 Å². The zero-order chi connectivity index (χ0) is 15.9. The zero-order valence-electron chi connectivity index (χ0n) is 13.4. The van der Waals surface area contributed by atoms with E-state index in [9.17, 15) is 9.59 Å². The summed E-state index contributed by atoms with van der Waals surface area (Å²) in [7, 11) is 0. The summed E-state index contributed by atoms with van der Waals surface area (Å²) in [5.74, 6) is -1.03. The van der Waals surface area contributed by atoms with Crippen LogP contribution in [0.15, 0.2) is 24.3 Å². The zero-order valence-corrected chi connectivity index (χ0v) is 13.4. The molecule has 0 spiro atoms. The lowest BCUT2D eigenvalue weighted by atomic mass is 10.1. The molecular formula is C17H28O4. The summed E-state index contributed by atoms with van der Waals surface area (Å²) in [5, 5.41) is 0. The average Bonchev–Trinajstić information content (AvgIpc) is 2.43. The maximum absolute atomic E-state index is 11.3. The number of unbranched alkanes of at least 4 members (excludes halogenated alkanes) is 5. The summed E-state index contributed by atoms with van der Waals surface area (Å²) < 4.78 is 9.88. The molecule has 0 radical (unpaired) electrons. The Balaban J connectivity index is 3.57. The molecule has 0 heterocycles. The summed E-state index contributed by atoms with van der Waals surface area (Å²) >= 11 is 0. The molecule has 0 aliphatic rings. The Hall–Kier alpha value is -1.58. The van der Waals surface area contributed by atoms with Gasteiger partial charge in [0, 0.05) is 18.6 Å². The highest BCUT2D eigenvalue weighted by Crippen LogP contribution is 2.05. The van der Waals surface area contributed by atoms with E-state index in [0.717, 1.165) is 30.6 Å². The van der Waals surface area contributed by atoms with Crippen LogP contribution >= 0.6 is 0 Å². The van der Waals surface area contributed by atoms with Crippen molar-refractivity contribution in [1.29, 1.82) is 0 Å². The lowest BCUT2D eigenvalue weighted by Crippen LogP contribution is -2.06. The first kappa shape index (κ1) is 19.4. The Kier molecular flexibility index (Phi) is 12.4. The van der Waals surface area contributed by atoms with Crippen molar-refractivity contribution in [3.8, 4) is 0 Å². The summed E-state index contributed by atoms with van der Waals surface area (Å²) in [6.45, 7) is 8.44. The molecule has 0 saturated heterocycles. The van der Waals surface area contributed by atoms with Crippen LogP contribution in [0.2, 0.25) is 0 Å². The maximum atomic E-state index is 11.3. The fourth-order valence-electron chi connectivity index (χ4n) is 1.61. The van der Waals surface area contributed by atoms with Crippen LogP contribution in [0.3, 0.4) is 0 Å². The van der Waals surface area contributed by atoms with E-state index in [2.05, 4.69) is 13.5 Å². The van der Waals surface area contributed by atoms with Gasteiger partial charge in [-0.3, -0.25) is 0 Å². The Labute approximate surface area is 128 Å². The summed E-state index contributed by atoms with van der Waals surface area (Å²) in [4.78, 5) is 22.6. The maximum Gasteiger partial charge on any atom is 0.331 e. The molecule has 0 amide bonds. The molecular weight excluding hydrogens is 268 g/mol.